The van der Waals surface area contributed by atoms with Gasteiger partial charge in [-0.15, -0.1) is 11.8 Å². The van der Waals surface area contributed by atoms with Crippen LogP contribution in [-0.2, 0) is 19.2 Å². The number of amides is 3. The van der Waals surface area contributed by atoms with Gasteiger partial charge in [-0.05, 0) is 13.8 Å². The van der Waals surface area contributed by atoms with E-state index in [0.29, 0.717) is 11.1 Å². The number of nitrogens with one attached hydrogen (secondary N) is 1. The second-order valence-corrected chi connectivity index (χ2v) is 5.23. The third-order valence-electron chi connectivity index (χ3n) is 2.81. The molecule has 0 aliphatic carbocycles. The van der Waals surface area contributed by atoms with Crippen molar-refractivity contribution in [3.05, 3.63) is 11.1 Å². The Morgan fingerprint density at radius 1 is 1.15 bits per heavy atom. The van der Waals surface area contributed by atoms with Crippen molar-refractivity contribution < 1.29 is 24.3 Å². The molecule has 1 aliphatic heterocycles. The summed E-state index contributed by atoms with van der Waals surface area (Å²) in [4.78, 5) is 46.2. The minimum absolute atomic E-state index is 0.0322. The molecule has 0 saturated carbocycles. The van der Waals surface area contributed by atoms with Gasteiger partial charge >= 0.3 is 5.97 Å². The Balaban J connectivity index is 2.29. The Hall–Kier alpha value is -1.83. The molecule has 0 aromatic carbocycles. The highest BCUT2D eigenvalue weighted by Crippen LogP contribution is 2.18. The first-order valence-electron chi connectivity index (χ1n) is 5.94. The van der Waals surface area contributed by atoms with Gasteiger partial charge in [0.2, 0.25) is 5.91 Å². The molecule has 2 N–H and O–H groups in total. The molecular weight excluding hydrogens is 284 g/mol. The monoisotopic (exact) mass is 300 g/mol. The lowest BCUT2D eigenvalue weighted by atomic mass is 10.2. The average Bonchev–Trinajstić information content (AvgIpc) is 2.56. The molecule has 1 heterocycles. The Morgan fingerprint density at radius 3 is 2.20 bits per heavy atom. The predicted molar refractivity (Wildman–Crippen MR) is 73.1 cm³/mol. The van der Waals surface area contributed by atoms with Gasteiger partial charge in [0.15, 0.2) is 0 Å². The molecule has 7 nitrogen and oxygen atoms in total. The molecule has 0 saturated heterocycles. The lowest BCUT2D eigenvalue weighted by molar-refractivity contribution is -0.138. The van der Waals surface area contributed by atoms with E-state index < -0.39 is 5.97 Å². The highest BCUT2D eigenvalue weighted by Gasteiger charge is 2.32. The average molecular weight is 300 g/mol. The van der Waals surface area contributed by atoms with Crippen LogP contribution in [0.4, 0.5) is 0 Å². The van der Waals surface area contributed by atoms with Crippen LogP contribution in [0.25, 0.3) is 0 Å². The van der Waals surface area contributed by atoms with Crippen LogP contribution >= 0.6 is 11.8 Å². The van der Waals surface area contributed by atoms with Crippen LogP contribution in [0.3, 0.4) is 0 Å². The first-order valence-corrected chi connectivity index (χ1v) is 7.10. The zero-order chi connectivity index (χ0) is 15.3. The third kappa shape index (κ3) is 4.09. The number of carbonyl (C=O) groups excluding carboxylic acids is 3. The smallest absolute Gasteiger partial charge is 0.313 e. The van der Waals surface area contributed by atoms with Gasteiger partial charge < -0.3 is 10.4 Å². The van der Waals surface area contributed by atoms with Crippen LogP contribution in [0.15, 0.2) is 11.1 Å². The van der Waals surface area contributed by atoms with Crippen molar-refractivity contribution in [3.8, 4) is 0 Å². The van der Waals surface area contributed by atoms with Crippen molar-refractivity contribution in [2.75, 3.05) is 24.6 Å². The molecule has 1 rings (SSSR count). The van der Waals surface area contributed by atoms with Crippen molar-refractivity contribution in [1.82, 2.24) is 10.2 Å². The Morgan fingerprint density at radius 2 is 1.70 bits per heavy atom. The highest BCUT2D eigenvalue weighted by atomic mass is 32.2. The third-order valence-corrected chi connectivity index (χ3v) is 3.73. The van der Waals surface area contributed by atoms with Gasteiger partial charge in [-0.25, -0.2) is 0 Å². The molecular formula is C12H16N2O5S. The van der Waals surface area contributed by atoms with E-state index in [4.69, 9.17) is 5.11 Å². The normalized spacial score (nSPS) is 15.0. The van der Waals surface area contributed by atoms with Crippen LogP contribution in [-0.4, -0.2) is 58.3 Å². The van der Waals surface area contributed by atoms with Crippen molar-refractivity contribution in [1.29, 1.82) is 0 Å². The van der Waals surface area contributed by atoms with Crippen molar-refractivity contribution in [2.24, 2.45) is 0 Å². The van der Waals surface area contributed by atoms with Crippen molar-refractivity contribution in [3.63, 3.8) is 0 Å². The van der Waals surface area contributed by atoms with Gasteiger partial charge in [0.05, 0.1) is 11.5 Å². The summed E-state index contributed by atoms with van der Waals surface area (Å²) in [7, 11) is 0. The molecule has 110 valence electrons. The zero-order valence-corrected chi connectivity index (χ0v) is 12.1. The minimum atomic E-state index is -0.979. The Bertz CT molecular complexity index is 462. The molecule has 0 atom stereocenters. The summed E-state index contributed by atoms with van der Waals surface area (Å²) in [5, 5.41) is 11.0. The number of rotatable bonds is 7. The number of thioether (sulfide) groups is 1. The van der Waals surface area contributed by atoms with Crippen molar-refractivity contribution in [2.45, 2.75) is 13.8 Å². The van der Waals surface area contributed by atoms with Gasteiger partial charge in [-0.2, -0.15) is 0 Å². The van der Waals surface area contributed by atoms with Gasteiger partial charge in [0.25, 0.3) is 11.8 Å². The summed E-state index contributed by atoms with van der Waals surface area (Å²) in [5.41, 5.74) is 0.858. The molecule has 1 aliphatic rings. The minimum Gasteiger partial charge on any atom is -0.481 e. The number of carboxylic acid groups (broad SMARTS) is 1. The van der Waals surface area contributed by atoms with Gasteiger partial charge in [-0.1, -0.05) is 0 Å². The SMILES string of the molecule is CC1=C(C)C(=O)N(CCNC(=O)CSCC(=O)O)C1=O. The fourth-order valence-corrected chi connectivity index (χ4v) is 2.17. The molecule has 3 amide bonds. The first-order chi connectivity index (χ1) is 9.34. The largest absolute Gasteiger partial charge is 0.481 e. The summed E-state index contributed by atoms with van der Waals surface area (Å²) in [6.07, 6.45) is 0. The van der Waals surface area contributed by atoms with Crippen LogP contribution in [0.1, 0.15) is 13.8 Å². The number of imide groups is 1. The van der Waals surface area contributed by atoms with Crippen LogP contribution < -0.4 is 5.32 Å². The zero-order valence-electron chi connectivity index (χ0n) is 11.3. The van der Waals surface area contributed by atoms with E-state index in [2.05, 4.69) is 5.32 Å². The van der Waals surface area contributed by atoms with Crippen LogP contribution in [0.5, 0.6) is 0 Å². The summed E-state index contributed by atoms with van der Waals surface area (Å²) >= 11 is 0.987. The molecule has 0 radical (unpaired) electrons. The van der Waals surface area contributed by atoms with Crippen LogP contribution in [0.2, 0.25) is 0 Å². The molecule has 0 aromatic rings. The van der Waals surface area contributed by atoms with E-state index in [1.807, 2.05) is 0 Å². The molecule has 0 spiro atoms. The maximum Gasteiger partial charge on any atom is 0.313 e. The quantitative estimate of drug-likeness (QED) is 0.621. The molecule has 20 heavy (non-hydrogen) atoms. The summed E-state index contributed by atoms with van der Waals surface area (Å²) in [5.74, 6) is -2.07. The van der Waals surface area contributed by atoms with E-state index in [1.165, 1.54) is 0 Å². The fourth-order valence-electron chi connectivity index (χ4n) is 1.61. The Kier molecular flexibility index (Phi) is 5.75. The summed E-state index contributed by atoms with van der Waals surface area (Å²) < 4.78 is 0. The lowest BCUT2D eigenvalue weighted by Gasteiger charge is -2.15. The number of nitrogens with zero attached hydrogens (tertiary/aromatic N) is 1. The molecule has 0 bridgehead atoms. The Labute approximate surface area is 120 Å². The van der Waals surface area contributed by atoms with Gasteiger partial charge in [0, 0.05) is 24.2 Å². The van der Waals surface area contributed by atoms with E-state index in [1.54, 1.807) is 13.8 Å². The second-order valence-electron chi connectivity index (χ2n) is 4.25. The highest BCUT2D eigenvalue weighted by molar-refractivity contribution is 8.00. The first kappa shape index (κ1) is 16.2. The maximum absolute atomic E-state index is 11.7. The summed E-state index contributed by atoms with van der Waals surface area (Å²) in [6, 6.07) is 0. The number of aliphatic carboxylic acids is 1. The number of carboxylic acids is 1. The van der Waals surface area contributed by atoms with Crippen LogP contribution in [0, 0.1) is 0 Å². The molecule has 0 fully saturated rings. The maximum atomic E-state index is 11.7. The topological polar surface area (TPSA) is 104 Å². The number of carbonyl (C=O) groups is 4. The second kappa shape index (κ2) is 7.09. The van der Waals surface area contributed by atoms with Gasteiger partial charge in [-0.3, -0.25) is 24.1 Å². The van der Waals surface area contributed by atoms with E-state index in [-0.39, 0.29) is 42.3 Å². The van der Waals surface area contributed by atoms with E-state index in [0.717, 1.165) is 16.7 Å². The molecule has 0 unspecified atom stereocenters. The number of hydrogen-bond donors (Lipinski definition) is 2. The van der Waals surface area contributed by atoms with Crippen molar-refractivity contribution >= 4 is 35.5 Å². The van der Waals surface area contributed by atoms with E-state index >= 15 is 0 Å². The standard InChI is InChI=1S/C12H16N2O5S/c1-7-8(2)12(19)14(11(7)18)4-3-13-9(15)5-20-6-10(16)17/h3-6H2,1-2H3,(H,13,15)(H,16,17). The summed E-state index contributed by atoms with van der Waals surface area (Å²) in [6.45, 7) is 3.46. The predicted octanol–water partition coefficient (Wildman–Crippen LogP) is -0.374. The molecule has 0 aromatic heterocycles. The van der Waals surface area contributed by atoms with Gasteiger partial charge in [0.1, 0.15) is 0 Å². The fraction of sp³-hybridized carbons (Fsp3) is 0.500. The molecule has 8 heteroatoms. The van der Waals surface area contributed by atoms with E-state index in [9.17, 15) is 19.2 Å². The number of hydrogen-bond acceptors (Lipinski definition) is 5. The lowest BCUT2D eigenvalue weighted by Crippen LogP contribution is -2.39.